The molecule has 2 rings (SSSR count). The second-order valence-electron chi connectivity index (χ2n) is 4.67. The van der Waals surface area contributed by atoms with Gasteiger partial charge in [-0.15, -0.1) is 11.8 Å². The topological polar surface area (TPSA) is 58.2 Å². The summed E-state index contributed by atoms with van der Waals surface area (Å²) >= 11 is 4.23. The van der Waals surface area contributed by atoms with Crippen LogP contribution in [-0.4, -0.2) is 24.1 Å². The van der Waals surface area contributed by atoms with Gasteiger partial charge in [-0.25, -0.2) is 8.78 Å². The average Bonchev–Trinajstić information content (AvgIpc) is 2.54. The van der Waals surface area contributed by atoms with Crippen LogP contribution in [0.25, 0.3) is 0 Å². The minimum Gasteiger partial charge on any atom is -0.346 e. The highest BCUT2D eigenvalue weighted by atomic mass is 79.9. The summed E-state index contributed by atoms with van der Waals surface area (Å²) in [5.41, 5.74) is 0.597. The van der Waals surface area contributed by atoms with Crippen molar-refractivity contribution in [2.75, 3.05) is 17.6 Å². The standard InChI is InChI=1S/C16H13BrF2N2O2S/c17-11-3-1-2-4-13(11)21-15(22)8-20-16(23)9-24-14-6-5-10(18)7-12(14)19/h1-7H,8-9H2,(H,20,23)(H,21,22). The Hall–Kier alpha value is -1.93. The first-order valence-electron chi connectivity index (χ1n) is 6.84. The molecule has 0 aliphatic heterocycles. The fraction of sp³-hybridized carbons (Fsp3) is 0.125. The van der Waals surface area contributed by atoms with Crippen molar-refractivity contribution in [1.82, 2.24) is 5.32 Å². The number of hydrogen-bond donors (Lipinski definition) is 2. The van der Waals surface area contributed by atoms with Crippen LogP contribution in [0.1, 0.15) is 0 Å². The number of rotatable bonds is 6. The van der Waals surface area contributed by atoms with Gasteiger partial charge < -0.3 is 10.6 Å². The summed E-state index contributed by atoms with van der Waals surface area (Å²) in [5, 5.41) is 5.09. The fourth-order valence-electron chi connectivity index (χ4n) is 1.72. The van der Waals surface area contributed by atoms with Crippen molar-refractivity contribution in [1.29, 1.82) is 0 Å². The van der Waals surface area contributed by atoms with Crippen molar-refractivity contribution < 1.29 is 18.4 Å². The average molecular weight is 415 g/mol. The highest BCUT2D eigenvalue weighted by molar-refractivity contribution is 9.10. The second kappa shape index (κ2) is 8.79. The van der Waals surface area contributed by atoms with Gasteiger partial charge in [-0.1, -0.05) is 12.1 Å². The van der Waals surface area contributed by atoms with Gasteiger partial charge in [0.05, 0.1) is 18.0 Å². The van der Waals surface area contributed by atoms with Crippen molar-refractivity contribution in [3.63, 3.8) is 0 Å². The molecule has 8 heteroatoms. The first-order chi connectivity index (χ1) is 11.5. The van der Waals surface area contributed by atoms with Crippen LogP contribution in [-0.2, 0) is 9.59 Å². The van der Waals surface area contributed by atoms with Crippen molar-refractivity contribution in [2.24, 2.45) is 0 Å². The molecule has 126 valence electrons. The Labute approximate surface area is 150 Å². The largest absolute Gasteiger partial charge is 0.346 e. The van der Waals surface area contributed by atoms with Crippen molar-refractivity contribution in [2.45, 2.75) is 4.90 Å². The van der Waals surface area contributed by atoms with Gasteiger partial charge >= 0.3 is 0 Å². The molecule has 2 aromatic rings. The Morgan fingerprint density at radius 3 is 2.54 bits per heavy atom. The number of anilines is 1. The summed E-state index contributed by atoms with van der Waals surface area (Å²) < 4.78 is 26.9. The minimum atomic E-state index is -0.723. The lowest BCUT2D eigenvalue weighted by Crippen LogP contribution is -2.33. The first-order valence-corrected chi connectivity index (χ1v) is 8.62. The van der Waals surface area contributed by atoms with E-state index < -0.39 is 17.5 Å². The molecule has 4 nitrogen and oxygen atoms in total. The molecule has 0 aromatic heterocycles. The van der Waals surface area contributed by atoms with E-state index >= 15 is 0 Å². The molecular formula is C16H13BrF2N2O2S. The summed E-state index contributed by atoms with van der Waals surface area (Å²) in [4.78, 5) is 23.7. The van der Waals surface area contributed by atoms with Gasteiger partial charge in [0, 0.05) is 15.4 Å². The zero-order chi connectivity index (χ0) is 17.5. The Morgan fingerprint density at radius 2 is 1.83 bits per heavy atom. The third-order valence-corrected chi connectivity index (χ3v) is 4.59. The SMILES string of the molecule is O=C(CSc1ccc(F)cc1F)NCC(=O)Nc1ccccc1Br. The van der Waals surface area contributed by atoms with Gasteiger partial charge in [0.1, 0.15) is 11.6 Å². The van der Waals surface area contributed by atoms with Gasteiger partial charge in [0.2, 0.25) is 11.8 Å². The summed E-state index contributed by atoms with van der Waals surface area (Å²) in [5.74, 6) is -2.28. The van der Waals surface area contributed by atoms with Crippen LogP contribution >= 0.6 is 27.7 Å². The maximum Gasteiger partial charge on any atom is 0.243 e. The van der Waals surface area contributed by atoms with E-state index in [2.05, 4.69) is 26.6 Å². The number of nitrogens with one attached hydrogen (secondary N) is 2. The van der Waals surface area contributed by atoms with Crippen LogP contribution in [0.5, 0.6) is 0 Å². The molecule has 0 heterocycles. The monoisotopic (exact) mass is 414 g/mol. The smallest absolute Gasteiger partial charge is 0.243 e. The molecular weight excluding hydrogens is 402 g/mol. The number of thioether (sulfide) groups is 1. The third kappa shape index (κ3) is 5.61. The van der Waals surface area contributed by atoms with Gasteiger partial charge in [-0.3, -0.25) is 9.59 Å². The van der Waals surface area contributed by atoms with Gasteiger partial charge in [-0.05, 0) is 40.2 Å². The summed E-state index contributed by atoms with van der Waals surface area (Å²) in [6.45, 7) is -0.202. The molecule has 0 fully saturated rings. The van der Waals surface area contributed by atoms with Crippen LogP contribution in [0.2, 0.25) is 0 Å². The first kappa shape index (κ1) is 18.4. The van der Waals surface area contributed by atoms with E-state index in [9.17, 15) is 18.4 Å². The van der Waals surface area contributed by atoms with Crippen LogP contribution in [0.15, 0.2) is 51.8 Å². The van der Waals surface area contributed by atoms with Gasteiger partial charge in [0.15, 0.2) is 0 Å². The molecule has 0 saturated carbocycles. The van der Waals surface area contributed by atoms with Crippen molar-refractivity contribution in [3.8, 4) is 0 Å². The molecule has 0 aliphatic carbocycles. The number of para-hydroxylation sites is 1. The van der Waals surface area contributed by atoms with E-state index in [0.717, 1.165) is 28.4 Å². The molecule has 0 spiro atoms. The minimum absolute atomic E-state index is 0.0785. The Kier molecular flexibility index (Phi) is 6.74. The maximum absolute atomic E-state index is 13.4. The lowest BCUT2D eigenvalue weighted by atomic mass is 10.3. The Balaban J connectivity index is 1.76. The normalized spacial score (nSPS) is 10.3. The van der Waals surface area contributed by atoms with Crippen LogP contribution in [0, 0.1) is 11.6 Å². The molecule has 0 bridgehead atoms. The van der Waals surface area contributed by atoms with Crippen molar-refractivity contribution >= 4 is 45.2 Å². The summed E-state index contributed by atoms with van der Waals surface area (Å²) in [6.07, 6.45) is 0. The molecule has 0 radical (unpaired) electrons. The number of carbonyl (C=O) groups is 2. The molecule has 0 unspecified atom stereocenters. The lowest BCUT2D eigenvalue weighted by Gasteiger charge is -2.08. The highest BCUT2D eigenvalue weighted by Gasteiger charge is 2.10. The lowest BCUT2D eigenvalue weighted by molar-refractivity contribution is -0.122. The summed E-state index contributed by atoms with van der Waals surface area (Å²) in [6, 6.07) is 10.2. The number of amides is 2. The number of hydrogen-bond acceptors (Lipinski definition) is 3. The summed E-state index contributed by atoms with van der Waals surface area (Å²) in [7, 11) is 0. The van der Waals surface area contributed by atoms with Gasteiger partial charge in [0.25, 0.3) is 0 Å². The van der Waals surface area contributed by atoms with E-state index in [1.54, 1.807) is 18.2 Å². The van der Waals surface area contributed by atoms with Crippen LogP contribution in [0.3, 0.4) is 0 Å². The molecule has 24 heavy (non-hydrogen) atoms. The van der Waals surface area contributed by atoms with Crippen LogP contribution < -0.4 is 10.6 Å². The van der Waals surface area contributed by atoms with E-state index in [4.69, 9.17) is 0 Å². The fourth-order valence-corrected chi connectivity index (χ4v) is 2.86. The number of halogens is 3. The predicted molar refractivity (Wildman–Crippen MR) is 92.9 cm³/mol. The van der Waals surface area contributed by atoms with Gasteiger partial charge in [-0.2, -0.15) is 0 Å². The number of carbonyl (C=O) groups excluding carboxylic acids is 2. The molecule has 2 aromatic carbocycles. The molecule has 0 saturated heterocycles. The quantitative estimate of drug-likeness (QED) is 0.710. The molecule has 2 amide bonds. The molecule has 0 aliphatic rings. The Morgan fingerprint density at radius 1 is 1.08 bits per heavy atom. The molecule has 2 N–H and O–H groups in total. The van der Waals surface area contributed by atoms with E-state index in [-0.39, 0.29) is 23.1 Å². The van der Waals surface area contributed by atoms with E-state index in [0.29, 0.717) is 5.69 Å². The predicted octanol–water partition coefficient (Wildman–Crippen LogP) is 3.57. The maximum atomic E-state index is 13.4. The zero-order valence-corrected chi connectivity index (χ0v) is 14.7. The molecule has 0 atom stereocenters. The van der Waals surface area contributed by atoms with Crippen LogP contribution in [0.4, 0.5) is 14.5 Å². The Bertz CT molecular complexity index is 759. The second-order valence-corrected chi connectivity index (χ2v) is 6.54. The number of benzene rings is 2. The zero-order valence-electron chi connectivity index (χ0n) is 12.3. The van der Waals surface area contributed by atoms with E-state index in [1.807, 2.05) is 6.07 Å². The highest BCUT2D eigenvalue weighted by Crippen LogP contribution is 2.22. The van der Waals surface area contributed by atoms with E-state index in [1.165, 1.54) is 6.07 Å². The van der Waals surface area contributed by atoms with Crippen molar-refractivity contribution in [3.05, 3.63) is 58.6 Å². The third-order valence-electron chi connectivity index (χ3n) is 2.85.